The summed E-state index contributed by atoms with van der Waals surface area (Å²) in [7, 11) is 0. The lowest BCUT2D eigenvalue weighted by molar-refractivity contribution is -0.150. The van der Waals surface area contributed by atoms with E-state index in [2.05, 4.69) is 41.9 Å². The van der Waals surface area contributed by atoms with E-state index < -0.39 is 113 Å². The van der Waals surface area contributed by atoms with Gasteiger partial charge in [0.25, 0.3) is 0 Å². The fourth-order valence-corrected chi connectivity index (χ4v) is 6.73. The Morgan fingerprint density at radius 2 is 0.763 bits per heavy atom. The van der Waals surface area contributed by atoms with Gasteiger partial charge >= 0.3 is 54.2 Å². The molecule has 0 fully saturated rings. The van der Waals surface area contributed by atoms with E-state index in [1.807, 2.05) is 91.0 Å². The number of ether oxygens (including phenoxy) is 8. The lowest BCUT2D eigenvalue weighted by atomic mass is 10.2. The van der Waals surface area contributed by atoms with E-state index >= 15 is 0 Å². The Morgan fingerprint density at radius 1 is 0.462 bits per heavy atom. The van der Waals surface area contributed by atoms with Crippen LogP contribution in [0.5, 0.6) is 0 Å². The number of H-pyrrole nitrogens is 1. The van der Waals surface area contributed by atoms with Crippen LogP contribution in [0.25, 0.3) is 0 Å². The molecule has 29 nitrogen and oxygen atoms in total. The van der Waals surface area contributed by atoms with Gasteiger partial charge < -0.3 is 70.0 Å². The predicted molar refractivity (Wildman–Crippen MR) is 332 cm³/mol. The van der Waals surface area contributed by atoms with Gasteiger partial charge in [0.2, 0.25) is 5.91 Å². The number of carboxylic acids is 1. The largest absolute Gasteiger partial charge is 0.480 e. The van der Waals surface area contributed by atoms with Gasteiger partial charge in [0, 0.05) is 0 Å². The first kappa shape index (κ1) is 78.4. The maximum Gasteiger partial charge on any atom is 0.408 e. The highest BCUT2D eigenvalue weighted by Crippen LogP contribution is 2.17. The number of aromatic nitrogens is 4. The Bertz CT molecular complexity index is 3080. The van der Waals surface area contributed by atoms with Crippen molar-refractivity contribution in [3.05, 3.63) is 149 Å². The summed E-state index contributed by atoms with van der Waals surface area (Å²) in [5.74, 6) is -4.45. The summed E-state index contributed by atoms with van der Waals surface area (Å²) in [5.41, 5.74) is 5.69. The van der Waals surface area contributed by atoms with Crippen LogP contribution < -0.4 is 27.0 Å². The molecule has 0 bridgehead atoms. The van der Waals surface area contributed by atoms with Gasteiger partial charge in [0.05, 0.1) is 31.8 Å². The summed E-state index contributed by atoms with van der Waals surface area (Å²) < 4.78 is 40.5. The summed E-state index contributed by atoms with van der Waals surface area (Å²) in [4.78, 5) is 116. The molecule has 0 saturated heterocycles. The van der Waals surface area contributed by atoms with Gasteiger partial charge in [-0.05, 0) is 105 Å². The second-order valence-electron chi connectivity index (χ2n) is 23.8. The van der Waals surface area contributed by atoms with Crippen LogP contribution in [0.4, 0.5) is 19.2 Å². The summed E-state index contributed by atoms with van der Waals surface area (Å²) in [6, 6.07) is 34.0. The molecule has 4 aromatic carbocycles. The van der Waals surface area contributed by atoms with Gasteiger partial charge in [-0.2, -0.15) is 10.5 Å². The molecule has 5 rings (SSSR count). The van der Waals surface area contributed by atoms with E-state index in [0.717, 1.165) is 22.3 Å². The Kier molecular flexibility index (Phi) is 33.3. The molecule has 0 spiro atoms. The maximum absolute atomic E-state index is 12.1. The Labute approximate surface area is 539 Å². The van der Waals surface area contributed by atoms with E-state index in [1.165, 1.54) is 0 Å². The van der Waals surface area contributed by atoms with Crippen molar-refractivity contribution in [2.24, 2.45) is 5.73 Å². The molecule has 0 aliphatic heterocycles. The number of rotatable bonds is 23. The lowest BCUT2D eigenvalue weighted by Crippen LogP contribution is -2.47. The van der Waals surface area contributed by atoms with Crippen molar-refractivity contribution in [1.29, 1.82) is 5.26 Å². The Balaban J connectivity index is 0.000000423. The second-order valence-corrected chi connectivity index (χ2v) is 23.8. The number of alkyl carbamates (subject to hydrolysis) is 4. The molecule has 0 radical (unpaired) electrons. The van der Waals surface area contributed by atoms with Crippen LogP contribution in [0, 0.1) is 11.3 Å². The van der Waals surface area contributed by atoms with Gasteiger partial charge in [-0.3, -0.25) is 24.0 Å². The lowest BCUT2D eigenvalue weighted by Gasteiger charge is -2.22. The minimum atomic E-state index is -1.41. The molecule has 29 heteroatoms. The van der Waals surface area contributed by atoms with Crippen molar-refractivity contribution in [3.8, 4) is 6.07 Å². The van der Waals surface area contributed by atoms with Gasteiger partial charge in [-0.25, -0.2) is 24.0 Å². The topological polar surface area (TPSA) is 417 Å². The molecule has 93 heavy (non-hydrogen) atoms. The first-order chi connectivity index (χ1) is 43.5. The quantitative estimate of drug-likeness (QED) is 0.0240. The number of nitrogens with one attached hydrogen (secondary N) is 5. The maximum atomic E-state index is 12.1. The predicted octanol–water partition coefficient (Wildman–Crippen LogP) is 8.03. The molecular weight excluding hydrogens is 1210 g/mol. The number of aliphatic carboxylic acids is 1. The second kappa shape index (κ2) is 39.5. The summed E-state index contributed by atoms with van der Waals surface area (Å²) in [6.07, 6.45) is -4.37. The van der Waals surface area contributed by atoms with E-state index in [1.54, 1.807) is 119 Å². The van der Waals surface area contributed by atoms with Crippen molar-refractivity contribution in [3.63, 3.8) is 0 Å². The minimum Gasteiger partial charge on any atom is -0.480 e. The zero-order valence-corrected chi connectivity index (χ0v) is 54.2. The van der Waals surface area contributed by atoms with Crippen molar-refractivity contribution >= 4 is 60.1 Å². The van der Waals surface area contributed by atoms with Crippen LogP contribution in [0.3, 0.4) is 0 Å². The molecule has 504 valence electrons. The van der Waals surface area contributed by atoms with Crippen LogP contribution in [-0.2, 0) is 93.1 Å². The summed E-state index contributed by atoms with van der Waals surface area (Å²) >= 11 is 0. The van der Waals surface area contributed by atoms with Crippen LogP contribution in [0.2, 0.25) is 0 Å². The highest BCUT2D eigenvalue weighted by atomic mass is 16.6. The normalized spacial score (nSPS) is 12.1. The number of esters is 4. The van der Waals surface area contributed by atoms with E-state index in [4.69, 9.17) is 54.0 Å². The zero-order chi connectivity index (χ0) is 69.8. The number of aromatic amines is 1. The third-order valence-electron chi connectivity index (χ3n) is 10.7. The third kappa shape index (κ3) is 39.2. The molecule has 5 aromatic rings. The number of nitrogens with zero attached hydrogens (tertiary/aromatic N) is 4. The molecule has 8 N–H and O–H groups in total. The average molecular weight is 1300 g/mol. The molecule has 5 amide bonds. The van der Waals surface area contributed by atoms with Gasteiger partial charge in [-0.15, -0.1) is 10.2 Å². The number of benzene rings is 4. The number of nitrogens with two attached hydrogens (primary N) is 1. The zero-order valence-electron chi connectivity index (χ0n) is 54.2. The standard InChI is InChI=1S/C16H21N5O4.C16H22N2O5.C16H20N2O4.C16H21NO6/c1-16(2,3)25-15(23)17-12(14-18-20-21-19-14)9-13(22)24-10-11-7-5-4-6-8-11;1-16(2,3)23-15(21)18-12(14(17)20)9-13(19)22-10-11-7-5-4-6-8-11;1-16(2,3)22-15(20)18-13(10-17)9-14(19)21-11-12-7-5-4-6-8-12;1-16(2,3)23-15(21)17-12(14(19)20)9-13(18)22-10-11-7-5-4-6-8-11/h4-8,12H,9-10H2,1-3H3,(H,17,23)(H,18,19,20,21);4-8,12H,9-10H2,1-3H3,(H2,17,20)(H,18,21);4-8,13H,9,11H2,1-3H3,(H,18,20);4-8,12H,9-10H2,1-3H3,(H,17,21)(H,19,20). The number of hydrogen-bond donors (Lipinski definition) is 7. The monoisotopic (exact) mass is 1300 g/mol. The Morgan fingerprint density at radius 3 is 1.06 bits per heavy atom. The molecule has 1 heterocycles. The number of tetrazole rings is 1. The number of carbonyl (C=O) groups is 10. The Hall–Kier alpha value is -10.7. The summed E-state index contributed by atoms with van der Waals surface area (Å²) in [5, 5.41) is 40.7. The van der Waals surface area contributed by atoms with Gasteiger partial charge in [0.15, 0.2) is 5.82 Å². The number of hydrogen-bond acceptors (Lipinski definition) is 22. The van der Waals surface area contributed by atoms with Crippen molar-refractivity contribution < 1.29 is 90.9 Å². The van der Waals surface area contributed by atoms with Gasteiger partial charge in [-0.1, -0.05) is 127 Å². The highest BCUT2D eigenvalue weighted by molar-refractivity contribution is 5.88. The molecule has 0 aliphatic carbocycles. The number of carbonyl (C=O) groups excluding carboxylic acids is 9. The minimum absolute atomic E-state index is 0.0401. The first-order valence-corrected chi connectivity index (χ1v) is 28.9. The molecule has 0 saturated carbocycles. The highest BCUT2D eigenvalue weighted by Gasteiger charge is 2.30. The van der Waals surface area contributed by atoms with Crippen LogP contribution in [0.15, 0.2) is 121 Å². The van der Waals surface area contributed by atoms with E-state index in [0.29, 0.717) is 0 Å². The van der Waals surface area contributed by atoms with Crippen molar-refractivity contribution in [2.75, 3.05) is 0 Å². The molecule has 0 aliphatic rings. The smallest absolute Gasteiger partial charge is 0.408 e. The average Bonchev–Trinajstić information content (AvgIpc) is 2.72. The van der Waals surface area contributed by atoms with Crippen LogP contribution >= 0.6 is 0 Å². The van der Waals surface area contributed by atoms with Crippen LogP contribution in [0.1, 0.15) is 143 Å². The number of amides is 5. The number of nitriles is 1. The van der Waals surface area contributed by atoms with Crippen molar-refractivity contribution in [1.82, 2.24) is 41.9 Å². The third-order valence-corrected chi connectivity index (χ3v) is 10.7. The molecule has 4 unspecified atom stereocenters. The number of primary amides is 1. The fraction of sp³-hybridized carbons (Fsp3) is 0.438. The molecule has 1 aromatic heterocycles. The van der Waals surface area contributed by atoms with E-state index in [-0.39, 0.29) is 51.5 Å². The van der Waals surface area contributed by atoms with Gasteiger partial charge in [0.1, 0.15) is 73.0 Å². The molecule has 4 atom stereocenters. The number of carboxylic acid groups (broad SMARTS) is 1. The van der Waals surface area contributed by atoms with Crippen molar-refractivity contribution in [2.45, 2.75) is 182 Å². The molecular formula is C64H84N10O19. The first-order valence-electron chi connectivity index (χ1n) is 28.9. The fourth-order valence-electron chi connectivity index (χ4n) is 6.73. The van der Waals surface area contributed by atoms with E-state index in [9.17, 15) is 47.9 Å². The van der Waals surface area contributed by atoms with Crippen LogP contribution in [-0.4, -0.2) is 126 Å². The SMILES string of the molecule is CC(C)(C)OC(=O)NC(C#N)CC(=O)OCc1ccccc1.CC(C)(C)OC(=O)NC(CC(=O)OCc1ccccc1)C(=O)O.CC(C)(C)OC(=O)NC(CC(=O)OCc1ccccc1)C(N)=O.CC(C)(C)OC(=O)NC(CC(=O)OCc1ccccc1)c1nn[nH]n1. The summed E-state index contributed by atoms with van der Waals surface area (Å²) in [6.45, 7) is 20.7.